The summed E-state index contributed by atoms with van der Waals surface area (Å²) in [6, 6.07) is 19.0. The van der Waals surface area contributed by atoms with Crippen molar-refractivity contribution in [3.05, 3.63) is 78.2 Å². The molecule has 1 saturated heterocycles. The Hall–Kier alpha value is -4.04. The number of piperidine rings is 1. The van der Waals surface area contributed by atoms with Crippen molar-refractivity contribution in [1.29, 1.82) is 0 Å². The number of fused-ring (bicyclic) bond motifs is 2. The normalized spacial score (nSPS) is 15.6. The Morgan fingerprint density at radius 1 is 1.00 bits per heavy atom. The van der Waals surface area contributed by atoms with Gasteiger partial charge in [-0.15, -0.1) is 0 Å². The fourth-order valence-electron chi connectivity index (χ4n) is 4.66. The Bertz CT molecular complexity index is 1540. The van der Waals surface area contributed by atoms with Gasteiger partial charge in [0.2, 0.25) is 0 Å². The lowest BCUT2D eigenvalue weighted by Gasteiger charge is -2.31. The van der Waals surface area contributed by atoms with Crippen LogP contribution >= 0.6 is 0 Å². The van der Waals surface area contributed by atoms with E-state index < -0.39 is 5.92 Å². The molecule has 1 aliphatic heterocycles. The van der Waals surface area contributed by atoms with Crippen molar-refractivity contribution in [2.45, 2.75) is 25.3 Å². The Morgan fingerprint density at radius 2 is 1.81 bits per heavy atom. The number of benzene rings is 2. The van der Waals surface area contributed by atoms with Gasteiger partial charge >= 0.3 is 0 Å². The second-order valence-electron chi connectivity index (χ2n) is 9.09. The van der Waals surface area contributed by atoms with Crippen molar-refractivity contribution in [2.75, 3.05) is 13.1 Å². The van der Waals surface area contributed by atoms with Crippen LogP contribution in [-0.2, 0) is 6.54 Å². The summed E-state index contributed by atoms with van der Waals surface area (Å²) in [4.78, 5) is 18.8. The first-order valence-electron chi connectivity index (χ1n) is 11.8. The highest BCUT2D eigenvalue weighted by atomic mass is 19.3. The van der Waals surface area contributed by atoms with Crippen LogP contribution in [0.15, 0.2) is 75.7 Å². The molecule has 0 radical (unpaired) electrons. The summed E-state index contributed by atoms with van der Waals surface area (Å²) in [6.45, 7) is 0.339. The molecule has 0 atom stereocenters. The summed E-state index contributed by atoms with van der Waals surface area (Å²) < 4.78 is 39.1. The molecule has 1 fully saturated rings. The number of hydrogen-bond acceptors (Lipinski definition) is 5. The number of carbonyl (C=O) groups excluding carboxylic acids is 1. The number of alkyl halides is 2. The van der Waals surface area contributed by atoms with Crippen molar-refractivity contribution in [2.24, 2.45) is 5.73 Å². The predicted octanol–water partition coefficient (Wildman–Crippen LogP) is 6.24. The number of pyridine rings is 1. The number of aromatic nitrogens is 1. The van der Waals surface area contributed by atoms with E-state index in [0.717, 1.165) is 27.5 Å². The van der Waals surface area contributed by atoms with Crippen molar-refractivity contribution >= 4 is 27.8 Å². The van der Waals surface area contributed by atoms with Gasteiger partial charge in [-0.3, -0.25) is 9.78 Å². The van der Waals surface area contributed by atoms with Crippen LogP contribution in [0.5, 0.6) is 0 Å². The quantitative estimate of drug-likeness (QED) is 0.324. The fraction of sp³-hybridized carbons (Fsp3) is 0.214. The third kappa shape index (κ3) is 4.03. The van der Waals surface area contributed by atoms with E-state index in [4.69, 9.17) is 14.6 Å². The molecular weight excluding hydrogens is 464 g/mol. The zero-order valence-electron chi connectivity index (χ0n) is 19.3. The van der Waals surface area contributed by atoms with E-state index in [-0.39, 0.29) is 38.4 Å². The lowest BCUT2D eigenvalue weighted by atomic mass is 10.0. The zero-order chi connectivity index (χ0) is 24.9. The summed E-state index contributed by atoms with van der Waals surface area (Å²) >= 11 is 0. The van der Waals surface area contributed by atoms with E-state index in [1.54, 1.807) is 12.1 Å². The van der Waals surface area contributed by atoms with Crippen molar-refractivity contribution in [3.63, 3.8) is 0 Å². The lowest BCUT2D eigenvalue weighted by molar-refractivity contribution is -0.0494. The van der Waals surface area contributed by atoms with Crippen LogP contribution in [0.1, 0.15) is 29.0 Å². The summed E-state index contributed by atoms with van der Waals surface area (Å²) in [7, 11) is 0. The molecule has 182 valence electrons. The number of likely N-dealkylation sites (tertiary alicyclic amines) is 1. The number of carbonyl (C=O) groups is 1. The molecule has 0 unspecified atom stereocenters. The van der Waals surface area contributed by atoms with Gasteiger partial charge in [0.15, 0.2) is 0 Å². The monoisotopic (exact) mass is 487 g/mol. The van der Waals surface area contributed by atoms with E-state index in [0.29, 0.717) is 28.4 Å². The number of nitrogens with two attached hydrogens (primary N) is 1. The van der Waals surface area contributed by atoms with Crippen LogP contribution in [0.3, 0.4) is 0 Å². The molecule has 2 aromatic carbocycles. The smallest absolute Gasteiger partial charge is 0.255 e. The summed E-state index contributed by atoms with van der Waals surface area (Å²) in [5.41, 5.74) is 9.89. The molecule has 6 nitrogen and oxygen atoms in total. The summed E-state index contributed by atoms with van der Waals surface area (Å²) in [5.74, 6) is -1.67. The van der Waals surface area contributed by atoms with Crippen molar-refractivity contribution < 1.29 is 22.4 Å². The van der Waals surface area contributed by atoms with Gasteiger partial charge in [0, 0.05) is 48.5 Å². The first kappa shape index (κ1) is 22.4. The zero-order valence-corrected chi connectivity index (χ0v) is 19.3. The number of para-hydroxylation sites is 1. The Morgan fingerprint density at radius 3 is 2.53 bits per heavy atom. The number of halogens is 2. The topological polar surface area (TPSA) is 85.5 Å². The molecule has 0 spiro atoms. The molecule has 1 aliphatic rings. The Balaban J connectivity index is 1.36. The average molecular weight is 488 g/mol. The molecule has 0 bridgehead atoms. The minimum atomic E-state index is -2.70. The molecule has 5 aromatic rings. The van der Waals surface area contributed by atoms with Crippen LogP contribution in [0.4, 0.5) is 8.78 Å². The molecule has 0 aliphatic carbocycles. The molecule has 3 aromatic heterocycles. The van der Waals surface area contributed by atoms with E-state index in [2.05, 4.69) is 4.98 Å². The van der Waals surface area contributed by atoms with E-state index >= 15 is 0 Å². The molecule has 8 heteroatoms. The number of nitrogens with zero attached hydrogens (tertiary/aromatic N) is 2. The SMILES string of the molecule is NCc1cc2cc(-c3ccc(C(=O)N4CCC(F)(F)CC4)cn3)cc(-c3cc4ccccc4o3)c2o1. The lowest BCUT2D eigenvalue weighted by Crippen LogP contribution is -2.42. The van der Waals surface area contributed by atoms with Gasteiger partial charge in [0.1, 0.15) is 22.7 Å². The summed E-state index contributed by atoms with van der Waals surface area (Å²) in [5, 5.41) is 1.84. The second-order valence-corrected chi connectivity index (χ2v) is 9.09. The third-order valence-electron chi connectivity index (χ3n) is 6.65. The number of furan rings is 2. The van der Waals surface area contributed by atoms with Gasteiger partial charge in [-0.1, -0.05) is 18.2 Å². The van der Waals surface area contributed by atoms with Gasteiger partial charge in [0.05, 0.1) is 23.4 Å². The molecule has 2 N–H and O–H groups in total. The van der Waals surface area contributed by atoms with Crippen LogP contribution < -0.4 is 5.73 Å². The number of rotatable bonds is 4. The van der Waals surface area contributed by atoms with Crippen LogP contribution in [0.25, 0.3) is 44.5 Å². The van der Waals surface area contributed by atoms with Crippen LogP contribution in [0.2, 0.25) is 0 Å². The molecule has 36 heavy (non-hydrogen) atoms. The number of amides is 1. The van der Waals surface area contributed by atoms with Gasteiger partial charge in [-0.25, -0.2) is 8.78 Å². The van der Waals surface area contributed by atoms with Gasteiger partial charge in [-0.05, 0) is 42.5 Å². The summed E-state index contributed by atoms with van der Waals surface area (Å²) in [6.07, 6.45) is 0.866. The van der Waals surface area contributed by atoms with E-state index in [9.17, 15) is 13.6 Å². The fourth-order valence-corrected chi connectivity index (χ4v) is 4.66. The maximum atomic E-state index is 13.5. The maximum Gasteiger partial charge on any atom is 0.255 e. The molecule has 1 amide bonds. The minimum absolute atomic E-state index is 0.0368. The molecule has 4 heterocycles. The van der Waals surface area contributed by atoms with Crippen molar-refractivity contribution in [3.8, 4) is 22.6 Å². The molecule has 6 rings (SSSR count). The molecular formula is C28H23F2N3O3. The minimum Gasteiger partial charge on any atom is -0.459 e. The largest absolute Gasteiger partial charge is 0.459 e. The average Bonchev–Trinajstić information content (AvgIpc) is 3.52. The standard InChI is InChI=1S/C28H23F2N3O3/c29-28(30)7-9-33(10-8-28)27(34)18-5-6-23(32-16-18)19-11-20-12-21(15-31)35-26(20)22(13-19)25-14-17-3-1-2-4-24(17)36-25/h1-6,11-14,16H,7-10,15,31H2. The van der Waals surface area contributed by atoms with E-state index in [1.807, 2.05) is 48.5 Å². The predicted molar refractivity (Wildman–Crippen MR) is 133 cm³/mol. The first-order valence-corrected chi connectivity index (χ1v) is 11.8. The van der Waals surface area contributed by atoms with Crippen LogP contribution in [0, 0.1) is 0 Å². The highest BCUT2D eigenvalue weighted by Gasteiger charge is 2.35. The maximum absolute atomic E-state index is 13.5. The van der Waals surface area contributed by atoms with Gasteiger partial charge in [-0.2, -0.15) is 0 Å². The van der Waals surface area contributed by atoms with Gasteiger partial charge < -0.3 is 19.5 Å². The van der Waals surface area contributed by atoms with Gasteiger partial charge in [0.25, 0.3) is 11.8 Å². The Labute approximate surface area is 205 Å². The highest BCUT2D eigenvalue weighted by molar-refractivity contribution is 5.98. The van der Waals surface area contributed by atoms with Crippen LogP contribution in [-0.4, -0.2) is 34.8 Å². The Kier molecular flexibility index (Phi) is 5.34. The third-order valence-corrected chi connectivity index (χ3v) is 6.65. The second kappa shape index (κ2) is 8.57. The van der Waals surface area contributed by atoms with E-state index in [1.165, 1.54) is 11.1 Å². The highest BCUT2D eigenvalue weighted by Crippen LogP contribution is 2.38. The van der Waals surface area contributed by atoms with Crippen molar-refractivity contribution in [1.82, 2.24) is 9.88 Å². The molecule has 0 saturated carbocycles. The number of hydrogen-bond donors (Lipinski definition) is 1. The first-order chi connectivity index (χ1) is 17.4.